The van der Waals surface area contributed by atoms with Gasteiger partial charge >= 0.3 is 6.36 Å². The van der Waals surface area contributed by atoms with E-state index in [-0.39, 0.29) is 29.5 Å². The average Bonchev–Trinajstić information content (AvgIpc) is 3.72. The van der Waals surface area contributed by atoms with E-state index in [1.807, 2.05) is 59.5 Å². The largest absolute Gasteiger partial charge is 0.573 e. The van der Waals surface area contributed by atoms with Crippen LogP contribution in [0.1, 0.15) is 16.1 Å². The van der Waals surface area contributed by atoms with Crippen molar-refractivity contribution in [2.45, 2.75) is 18.1 Å². The van der Waals surface area contributed by atoms with E-state index in [2.05, 4.69) is 62.5 Å². The van der Waals surface area contributed by atoms with E-state index < -0.39 is 18.0 Å². The number of carbonyl (C=O) groups excluding carboxylic acids is 2. The summed E-state index contributed by atoms with van der Waals surface area (Å²) in [5, 5.41) is 20.8. The number of carbonyl (C=O) groups is 2. The molecule has 10 nitrogen and oxygen atoms in total. The number of hydrogen-bond acceptors (Lipinski definition) is 8. The number of thioether (sulfide) groups is 1. The summed E-state index contributed by atoms with van der Waals surface area (Å²) in [6.07, 6.45) is -4.95. The molecule has 306 valence electrons. The highest BCUT2D eigenvalue weighted by molar-refractivity contribution is 7.99. The van der Waals surface area contributed by atoms with Gasteiger partial charge in [-0.1, -0.05) is 103 Å². The normalized spacial score (nSPS) is 13.2. The maximum absolute atomic E-state index is 13.6. The fourth-order valence-corrected chi connectivity index (χ4v) is 8.64. The monoisotopic (exact) mass is 838 g/mol. The molecule has 61 heavy (non-hydrogen) atoms. The van der Waals surface area contributed by atoms with E-state index in [0.29, 0.717) is 48.1 Å². The van der Waals surface area contributed by atoms with Gasteiger partial charge in [-0.15, -0.1) is 13.2 Å². The minimum atomic E-state index is -4.95. The Kier molecular flexibility index (Phi) is 10.7. The van der Waals surface area contributed by atoms with Crippen LogP contribution in [0.2, 0.25) is 0 Å². The van der Waals surface area contributed by atoms with Crippen LogP contribution in [0.4, 0.5) is 18.9 Å². The minimum absolute atomic E-state index is 0.0297. The Bertz CT molecular complexity index is 2920. The number of nitrogens with one attached hydrogen (secondary N) is 1. The summed E-state index contributed by atoms with van der Waals surface area (Å²) in [7, 11) is 0. The molecule has 0 saturated carbocycles. The van der Waals surface area contributed by atoms with Gasteiger partial charge in [0.05, 0.1) is 34.6 Å². The second-order valence-electron chi connectivity index (χ2n) is 14.5. The Hall–Kier alpha value is -7.06. The molecule has 2 amide bonds. The lowest BCUT2D eigenvalue weighted by Crippen LogP contribution is -2.49. The number of hydrogen-bond donors (Lipinski definition) is 2. The molecule has 0 spiro atoms. The number of para-hydroxylation sites is 2. The van der Waals surface area contributed by atoms with Crippen LogP contribution in [0.15, 0.2) is 145 Å². The molecule has 14 heteroatoms. The first kappa shape index (κ1) is 39.4. The van der Waals surface area contributed by atoms with Gasteiger partial charge < -0.3 is 25.0 Å². The predicted molar refractivity (Wildman–Crippen MR) is 231 cm³/mol. The van der Waals surface area contributed by atoms with E-state index in [1.165, 1.54) is 30.0 Å². The number of amides is 2. The van der Waals surface area contributed by atoms with Crippen LogP contribution in [0.3, 0.4) is 0 Å². The third kappa shape index (κ3) is 8.39. The van der Waals surface area contributed by atoms with Gasteiger partial charge in [0.2, 0.25) is 5.91 Å². The van der Waals surface area contributed by atoms with Crippen molar-refractivity contribution in [3.8, 4) is 33.8 Å². The van der Waals surface area contributed by atoms with E-state index in [0.717, 1.165) is 50.2 Å². The molecule has 1 saturated heterocycles. The van der Waals surface area contributed by atoms with Crippen LogP contribution in [-0.2, 0) is 11.3 Å². The SMILES string of the molecule is O=C(NCc1cc2c3ccccc3nc(SCC(=O)N3CCN(c4ccc(-c5c(-c6ccccc6)ccc6cc(O)ccc56)cc4)CC3)n2n1)c1ccccc1OC(F)(F)F. The maximum Gasteiger partial charge on any atom is 0.573 e. The second kappa shape index (κ2) is 16.5. The summed E-state index contributed by atoms with van der Waals surface area (Å²) < 4.78 is 44.6. The highest BCUT2D eigenvalue weighted by Crippen LogP contribution is 2.40. The van der Waals surface area contributed by atoms with Gasteiger partial charge in [0.15, 0.2) is 5.16 Å². The van der Waals surface area contributed by atoms with Crippen molar-refractivity contribution >= 4 is 56.5 Å². The molecular weight excluding hydrogens is 802 g/mol. The summed E-state index contributed by atoms with van der Waals surface area (Å²) in [4.78, 5) is 35.5. The number of nitrogens with zero attached hydrogens (tertiary/aromatic N) is 5. The fourth-order valence-electron chi connectivity index (χ4n) is 7.78. The Morgan fingerprint density at radius 3 is 2.30 bits per heavy atom. The summed E-state index contributed by atoms with van der Waals surface area (Å²) in [6.45, 7) is 2.36. The number of benzene rings is 6. The molecular formula is C47H37F3N6O4S. The molecule has 0 aliphatic carbocycles. The number of ether oxygens (including phenoxy) is 1. The lowest BCUT2D eigenvalue weighted by atomic mass is 9.89. The van der Waals surface area contributed by atoms with Gasteiger partial charge in [-0.2, -0.15) is 5.10 Å². The number of piperazine rings is 1. The minimum Gasteiger partial charge on any atom is -0.508 e. The van der Waals surface area contributed by atoms with Crippen LogP contribution in [0.25, 0.3) is 49.4 Å². The zero-order valence-corrected chi connectivity index (χ0v) is 33.3. The molecule has 0 bridgehead atoms. The van der Waals surface area contributed by atoms with Gasteiger partial charge in [0.1, 0.15) is 11.5 Å². The number of halogens is 3. The van der Waals surface area contributed by atoms with Gasteiger partial charge in [-0.25, -0.2) is 9.50 Å². The zero-order chi connectivity index (χ0) is 42.1. The Morgan fingerprint density at radius 1 is 0.770 bits per heavy atom. The standard InChI is InChI=1S/C47H37F3N6O4S/c48-47(49,50)60-42-13-7-5-11-39(42)45(59)51-28-33-27-41-38-10-4-6-12-40(38)52-46(56(41)53-33)61-29-43(58)55-24-22-54(23-25-55)34-17-14-31(15-18-34)44-36(30-8-2-1-3-9-30)20-16-32-26-35(57)19-21-37(32)44/h1-21,26-27,57H,22-25,28-29H2,(H,51,59). The third-order valence-electron chi connectivity index (χ3n) is 10.7. The summed E-state index contributed by atoms with van der Waals surface area (Å²) in [5.74, 6) is -1.03. The molecule has 0 atom stereocenters. The smallest absolute Gasteiger partial charge is 0.508 e. The maximum atomic E-state index is 13.6. The van der Waals surface area contributed by atoms with Crippen molar-refractivity contribution in [3.05, 3.63) is 151 Å². The predicted octanol–water partition coefficient (Wildman–Crippen LogP) is 9.34. The number of aromatic nitrogens is 3. The quantitative estimate of drug-likeness (QED) is 0.104. The molecule has 1 aliphatic heterocycles. The third-order valence-corrected chi connectivity index (χ3v) is 11.6. The van der Waals surface area contributed by atoms with E-state index in [9.17, 15) is 27.9 Å². The molecule has 0 radical (unpaired) electrons. The molecule has 2 aromatic heterocycles. The lowest BCUT2D eigenvalue weighted by molar-refractivity contribution is -0.274. The van der Waals surface area contributed by atoms with Crippen molar-refractivity contribution < 1.29 is 32.6 Å². The molecule has 1 aliphatic rings. The van der Waals surface area contributed by atoms with E-state index in [1.54, 1.807) is 22.7 Å². The van der Waals surface area contributed by atoms with Gasteiger partial charge in [-0.3, -0.25) is 9.59 Å². The van der Waals surface area contributed by atoms with Crippen LogP contribution in [0.5, 0.6) is 11.5 Å². The molecule has 1 fully saturated rings. The van der Waals surface area contributed by atoms with Crippen LogP contribution in [-0.4, -0.2) is 74.7 Å². The van der Waals surface area contributed by atoms with E-state index >= 15 is 0 Å². The summed E-state index contributed by atoms with van der Waals surface area (Å²) in [6, 6.07) is 42.8. The number of aromatic hydroxyl groups is 1. The number of fused-ring (bicyclic) bond motifs is 4. The van der Waals surface area contributed by atoms with Gasteiger partial charge in [0, 0.05) is 37.3 Å². The average molecular weight is 839 g/mol. The highest BCUT2D eigenvalue weighted by Gasteiger charge is 2.33. The van der Waals surface area contributed by atoms with Gasteiger partial charge in [-0.05, 0) is 81.6 Å². The fraction of sp³-hybridized carbons (Fsp3) is 0.149. The number of phenolic OH excluding ortho intramolecular Hbond substituents is 1. The first-order valence-electron chi connectivity index (χ1n) is 19.6. The molecule has 2 N–H and O–H groups in total. The summed E-state index contributed by atoms with van der Waals surface area (Å²) in [5.41, 5.74) is 7.05. The Labute approximate surface area is 352 Å². The molecule has 8 aromatic rings. The van der Waals surface area contributed by atoms with Crippen molar-refractivity contribution in [1.82, 2.24) is 24.8 Å². The van der Waals surface area contributed by atoms with Crippen molar-refractivity contribution in [3.63, 3.8) is 0 Å². The number of phenols is 1. The highest BCUT2D eigenvalue weighted by atomic mass is 32.2. The van der Waals surface area contributed by atoms with Crippen LogP contribution < -0.4 is 15.0 Å². The van der Waals surface area contributed by atoms with Crippen LogP contribution >= 0.6 is 11.8 Å². The van der Waals surface area contributed by atoms with E-state index in [4.69, 9.17) is 4.98 Å². The van der Waals surface area contributed by atoms with Crippen molar-refractivity contribution in [1.29, 1.82) is 0 Å². The lowest BCUT2D eigenvalue weighted by Gasteiger charge is -2.36. The summed E-state index contributed by atoms with van der Waals surface area (Å²) >= 11 is 1.27. The molecule has 6 aromatic carbocycles. The molecule has 3 heterocycles. The first-order chi connectivity index (χ1) is 29.6. The number of alkyl halides is 3. The van der Waals surface area contributed by atoms with Crippen LogP contribution in [0, 0.1) is 0 Å². The Morgan fingerprint density at radius 2 is 1.51 bits per heavy atom. The zero-order valence-electron chi connectivity index (χ0n) is 32.5. The first-order valence-corrected chi connectivity index (χ1v) is 20.5. The second-order valence-corrected chi connectivity index (χ2v) is 15.5. The Balaban J connectivity index is 0.865. The number of anilines is 1. The molecule has 0 unspecified atom stereocenters. The number of rotatable bonds is 10. The van der Waals surface area contributed by atoms with Gasteiger partial charge in [0.25, 0.3) is 5.91 Å². The topological polar surface area (TPSA) is 112 Å². The molecule has 9 rings (SSSR count). The van der Waals surface area contributed by atoms with Crippen molar-refractivity contribution in [2.24, 2.45) is 0 Å². The van der Waals surface area contributed by atoms with Crippen molar-refractivity contribution in [2.75, 3.05) is 36.8 Å².